The van der Waals surface area contributed by atoms with E-state index >= 15 is 0 Å². The maximum absolute atomic E-state index is 11.8. The summed E-state index contributed by atoms with van der Waals surface area (Å²) in [4.78, 5) is 11.8. The first-order valence-corrected chi connectivity index (χ1v) is 6.71. The fourth-order valence-corrected chi connectivity index (χ4v) is 1.84. The predicted molar refractivity (Wildman–Crippen MR) is 81.9 cm³/mol. The van der Waals surface area contributed by atoms with Gasteiger partial charge >= 0.3 is 5.91 Å². The molecule has 1 amide bonds. The third-order valence-electron chi connectivity index (χ3n) is 2.94. The Balaban J connectivity index is 1.96. The molecule has 1 aromatic heterocycles. The number of ether oxygens (including phenoxy) is 2. The summed E-state index contributed by atoms with van der Waals surface area (Å²) in [5, 5.41) is 3.94. The first-order chi connectivity index (χ1) is 10.7. The van der Waals surface area contributed by atoms with E-state index in [2.05, 4.69) is 10.5 Å². The highest BCUT2D eigenvalue weighted by Crippen LogP contribution is 2.22. The summed E-state index contributed by atoms with van der Waals surface area (Å²) in [6.45, 7) is 0.206. The van der Waals surface area contributed by atoms with Crippen LogP contribution >= 0.6 is 0 Å². The number of carbonyl (C=O) groups is 1. The maximum atomic E-state index is 11.8. The van der Waals surface area contributed by atoms with Crippen molar-refractivity contribution >= 4 is 12.1 Å². The van der Waals surface area contributed by atoms with Crippen LogP contribution in [0.2, 0.25) is 0 Å². The first-order valence-electron chi connectivity index (χ1n) is 6.71. The van der Waals surface area contributed by atoms with Crippen LogP contribution in [0.15, 0.2) is 53.9 Å². The predicted octanol–water partition coefficient (Wildman–Crippen LogP) is 1.14. The quantitative estimate of drug-likeness (QED) is 0.494. The number of hydrogen-bond donors (Lipinski definition) is 1. The molecule has 0 aliphatic heterocycles. The Kier molecular flexibility index (Phi) is 5.48. The lowest BCUT2D eigenvalue weighted by atomic mass is 10.2. The van der Waals surface area contributed by atoms with Gasteiger partial charge in [0.2, 0.25) is 6.54 Å². The Morgan fingerprint density at radius 2 is 2.00 bits per heavy atom. The molecule has 1 heterocycles. The number of benzene rings is 1. The van der Waals surface area contributed by atoms with E-state index in [1.54, 1.807) is 37.0 Å². The molecule has 1 N–H and O–H groups in total. The molecule has 0 spiro atoms. The normalized spacial score (nSPS) is 10.5. The number of hydrogen-bond acceptors (Lipinski definition) is 4. The largest absolute Gasteiger partial charge is 0.497 e. The fraction of sp³-hybridized carbons (Fsp3) is 0.188. The van der Waals surface area contributed by atoms with Crippen LogP contribution in [-0.2, 0) is 11.3 Å². The lowest BCUT2D eigenvalue weighted by Crippen LogP contribution is -2.40. The molecule has 1 aromatic carbocycles. The van der Waals surface area contributed by atoms with Gasteiger partial charge in [0.1, 0.15) is 11.5 Å². The molecular weight excluding hydrogens is 282 g/mol. The van der Waals surface area contributed by atoms with Crippen molar-refractivity contribution in [3.05, 3.63) is 54.4 Å². The number of carbonyl (C=O) groups excluding carboxylic acids is 1. The highest BCUT2D eigenvalue weighted by molar-refractivity contribution is 5.85. The maximum Gasteiger partial charge on any atom is 0.305 e. The molecule has 0 aliphatic rings. The van der Waals surface area contributed by atoms with E-state index in [9.17, 15) is 4.79 Å². The van der Waals surface area contributed by atoms with Gasteiger partial charge in [0.25, 0.3) is 0 Å². The van der Waals surface area contributed by atoms with Crippen molar-refractivity contribution in [1.82, 2.24) is 5.43 Å². The summed E-state index contributed by atoms with van der Waals surface area (Å²) in [7, 11) is 3.15. The average Bonchev–Trinajstić information content (AvgIpc) is 2.56. The van der Waals surface area contributed by atoms with Crippen molar-refractivity contribution in [2.45, 2.75) is 6.54 Å². The van der Waals surface area contributed by atoms with Gasteiger partial charge in [-0.1, -0.05) is 6.07 Å². The number of pyridine rings is 1. The Morgan fingerprint density at radius 1 is 1.23 bits per heavy atom. The van der Waals surface area contributed by atoms with Gasteiger partial charge in [0, 0.05) is 23.8 Å². The molecule has 0 aliphatic carbocycles. The molecule has 0 atom stereocenters. The van der Waals surface area contributed by atoms with E-state index in [1.807, 2.05) is 30.6 Å². The van der Waals surface area contributed by atoms with Crippen LogP contribution < -0.4 is 19.5 Å². The first kappa shape index (κ1) is 15.5. The number of rotatable bonds is 6. The van der Waals surface area contributed by atoms with Crippen molar-refractivity contribution in [3.63, 3.8) is 0 Å². The lowest BCUT2D eigenvalue weighted by Gasteiger charge is -2.06. The molecule has 6 nitrogen and oxygen atoms in total. The van der Waals surface area contributed by atoms with Crippen LogP contribution in [0.1, 0.15) is 5.56 Å². The highest BCUT2D eigenvalue weighted by Gasteiger charge is 2.07. The molecule has 0 saturated carbocycles. The molecule has 0 bridgehead atoms. The molecular formula is C16H18N3O3+. The smallest absolute Gasteiger partial charge is 0.305 e. The Morgan fingerprint density at radius 3 is 2.68 bits per heavy atom. The molecule has 0 fully saturated rings. The Bertz CT molecular complexity index is 657. The van der Waals surface area contributed by atoms with Crippen LogP contribution in [0.25, 0.3) is 0 Å². The molecule has 2 rings (SSSR count). The van der Waals surface area contributed by atoms with Gasteiger partial charge in [0.05, 0.1) is 20.4 Å². The monoisotopic (exact) mass is 300 g/mol. The van der Waals surface area contributed by atoms with Gasteiger partial charge in [-0.05, 0) is 12.1 Å². The van der Waals surface area contributed by atoms with Crippen LogP contribution in [0, 0.1) is 0 Å². The van der Waals surface area contributed by atoms with E-state index in [0.29, 0.717) is 11.5 Å². The van der Waals surface area contributed by atoms with E-state index in [1.165, 1.54) is 6.21 Å². The van der Waals surface area contributed by atoms with Crippen molar-refractivity contribution in [1.29, 1.82) is 0 Å². The minimum absolute atomic E-state index is 0.206. The zero-order valence-electron chi connectivity index (χ0n) is 12.5. The van der Waals surface area contributed by atoms with Gasteiger partial charge in [-0.15, -0.1) is 0 Å². The van der Waals surface area contributed by atoms with Gasteiger partial charge in [-0.25, -0.2) is 5.43 Å². The standard InChI is InChI=1S/C16H17N3O3/c1-21-14-7-6-13(15(10-14)22-2)11-17-18-16(20)12-19-8-4-3-5-9-19/h3-11H,12H2,1-2H3/p+1/b17-11+. The molecule has 6 heteroatoms. The number of nitrogens with zero attached hydrogens (tertiary/aromatic N) is 2. The summed E-state index contributed by atoms with van der Waals surface area (Å²) < 4.78 is 12.1. The Hall–Kier alpha value is -2.89. The van der Waals surface area contributed by atoms with Gasteiger partial charge < -0.3 is 9.47 Å². The summed E-state index contributed by atoms with van der Waals surface area (Å²) in [6, 6.07) is 11.0. The second-order valence-corrected chi connectivity index (χ2v) is 4.45. The van der Waals surface area contributed by atoms with Crippen LogP contribution in [0.4, 0.5) is 0 Å². The van der Waals surface area contributed by atoms with Gasteiger partial charge in [0.15, 0.2) is 12.4 Å². The number of nitrogens with one attached hydrogen (secondary N) is 1. The number of amides is 1. The molecule has 114 valence electrons. The van der Waals surface area contributed by atoms with Crippen molar-refractivity contribution in [2.75, 3.05) is 14.2 Å². The van der Waals surface area contributed by atoms with Crippen molar-refractivity contribution in [3.8, 4) is 11.5 Å². The molecule has 22 heavy (non-hydrogen) atoms. The van der Waals surface area contributed by atoms with Crippen molar-refractivity contribution in [2.24, 2.45) is 5.10 Å². The molecule has 2 aromatic rings. The summed E-state index contributed by atoms with van der Waals surface area (Å²) in [5.74, 6) is 1.10. The second-order valence-electron chi connectivity index (χ2n) is 4.45. The number of hydrazone groups is 1. The zero-order valence-corrected chi connectivity index (χ0v) is 12.5. The summed E-state index contributed by atoms with van der Waals surface area (Å²) in [5.41, 5.74) is 3.23. The van der Waals surface area contributed by atoms with Crippen LogP contribution in [0.5, 0.6) is 11.5 Å². The zero-order chi connectivity index (χ0) is 15.8. The minimum atomic E-state index is -0.208. The lowest BCUT2D eigenvalue weighted by molar-refractivity contribution is -0.684. The molecule has 0 saturated heterocycles. The minimum Gasteiger partial charge on any atom is -0.497 e. The molecule has 0 unspecified atom stereocenters. The average molecular weight is 300 g/mol. The second kappa shape index (κ2) is 7.78. The van der Waals surface area contributed by atoms with Crippen molar-refractivity contribution < 1.29 is 18.8 Å². The van der Waals surface area contributed by atoms with E-state index < -0.39 is 0 Å². The van der Waals surface area contributed by atoms with E-state index in [-0.39, 0.29) is 12.5 Å². The van der Waals surface area contributed by atoms with Crippen LogP contribution in [0.3, 0.4) is 0 Å². The SMILES string of the molecule is COc1ccc(/C=N/NC(=O)C[n+]2ccccc2)c(OC)c1. The highest BCUT2D eigenvalue weighted by atomic mass is 16.5. The van der Waals surface area contributed by atoms with Crippen LogP contribution in [-0.4, -0.2) is 26.3 Å². The third-order valence-corrected chi connectivity index (χ3v) is 2.94. The number of methoxy groups -OCH3 is 2. The number of aromatic nitrogens is 1. The Labute approximate surface area is 129 Å². The fourth-order valence-electron chi connectivity index (χ4n) is 1.84. The van der Waals surface area contributed by atoms with Gasteiger partial charge in [-0.3, -0.25) is 4.79 Å². The van der Waals surface area contributed by atoms with E-state index in [4.69, 9.17) is 9.47 Å². The molecule has 0 radical (unpaired) electrons. The van der Waals surface area contributed by atoms with Gasteiger partial charge in [-0.2, -0.15) is 9.67 Å². The summed E-state index contributed by atoms with van der Waals surface area (Å²) in [6.07, 6.45) is 5.16. The summed E-state index contributed by atoms with van der Waals surface area (Å²) >= 11 is 0. The third kappa shape index (κ3) is 4.31. The van der Waals surface area contributed by atoms with E-state index in [0.717, 1.165) is 5.56 Å². The topological polar surface area (TPSA) is 63.8 Å².